The number of nitrogens with zero attached hydrogens (tertiary/aromatic N) is 1. The third-order valence-electron chi connectivity index (χ3n) is 2.20. The van der Waals surface area contributed by atoms with E-state index in [2.05, 4.69) is 11.3 Å². The molecule has 0 aromatic carbocycles. The number of imide groups is 1. The van der Waals surface area contributed by atoms with Crippen molar-refractivity contribution < 1.29 is 32.3 Å². The lowest BCUT2D eigenvalue weighted by Gasteiger charge is -2.27. The van der Waals surface area contributed by atoms with E-state index >= 15 is 0 Å². The quantitative estimate of drug-likeness (QED) is 0.586. The Morgan fingerprint density at radius 3 is 1.90 bits per heavy atom. The number of hydrogen-bond acceptors (Lipinski definition) is 4. The maximum absolute atomic E-state index is 12.4. The van der Waals surface area contributed by atoms with E-state index in [9.17, 15) is 27.6 Å². The molecule has 0 spiro atoms. The standard InChI is InChI=1S/C12H16F3NO4/c1-6(2)10(18)20-8(5)9(17)16(7(3)4)11(19)12(13,14)15/h7-8H,1H2,2-5H3. The first-order valence-electron chi connectivity index (χ1n) is 5.70. The van der Waals surface area contributed by atoms with Crippen LogP contribution in [-0.4, -0.2) is 41.0 Å². The predicted molar refractivity (Wildman–Crippen MR) is 63.4 cm³/mol. The van der Waals surface area contributed by atoms with Crippen molar-refractivity contribution in [3.63, 3.8) is 0 Å². The molecule has 0 radical (unpaired) electrons. The van der Waals surface area contributed by atoms with Crippen molar-refractivity contribution in [2.75, 3.05) is 0 Å². The van der Waals surface area contributed by atoms with Crippen LogP contribution in [0.4, 0.5) is 13.2 Å². The summed E-state index contributed by atoms with van der Waals surface area (Å²) < 4.78 is 41.8. The van der Waals surface area contributed by atoms with Gasteiger partial charge < -0.3 is 4.74 Å². The third-order valence-corrected chi connectivity index (χ3v) is 2.20. The molecule has 0 saturated heterocycles. The SMILES string of the molecule is C=C(C)C(=O)OC(C)C(=O)N(C(=O)C(F)(F)F)C(C)C. The van der Waals surface area contributed by atoms with Crippen LogP contribution in [0.2, 0.25) is 0 Å². The fourth-order valence-corrected chi connectivity index (χ4v) is 1.23. The Kier molecular flexibility index (Phi) is 5.93. The number of alkyl halides is 3. The molecule has 1 atom stereocenters. The molecule has 0 aliphatic heterocycles. The summed E-state index contributed by atoms with van der Waals surface area (Å²) in [7, 11) is 0. The van der Waals surface area contributed by atoms with E-state index in [1.54, 1.807) is 0 Å². The van der Waals surface area contributed by atoms with E-state index in [1.807, 2.05) is 0 Å². The van der Waals surface area contributed by atoms with Gasteiger partial charge >= 0.3 is 18.1 Å². The van der Waals surface area contributed by atoms with Gasteiger partial charge in [-0.05, 0) is 27.7 Å². The van der Waals surface area contributed by atoms with Crippen LogP contribution in [0.25, 0.3) is 0 Å². The molecule has 0 aromatic heterocycles. The topological polar surface area (TPSA) is 63.7 Å². The lowest BCUT2D eigenvalue weighted by atomic mass is 10.2. The van der Waals surface area contributed by atoms with Crippen molar-refractivity contribution in [2.24, 2.45) is 0 Å². The second-order valence-electron chi connectivity index (χ2n) is 4.43. The highest BCUT2D eigenvalue weighted by molar-refractivity contribution is 6.01. The molecule has 0 rings (SSSR count). The lowest BCUT2D eigenvalue weighted by molar-refractivity contribution is -0.192. The van der Waals surface area contributed by atoms with Crippen LogP contribution in [0.3, 0.4) is 0 Å². The summed E-state index contributed by atoms with van der Waals surface area (Å²) >= 11 is 0. The monoisotopic (exact) mass is 295 g/mol. The highest BCUT2D eigenvalue weighted by Gasteiger charge is 2.46. The van der Waals surface area contributed by atoms with Gasteiger partial charge in [0.2, 0.25) is 0 Å². The van der Waals surface area contributed by atoms with Crippen LogP contribution in [0, 0.1) is 0 Å². The van der Waals surface area contributed by atoms with E-state index < -0.39 is 36.1 Å². The fraction of sp³-hybridized carbons (Fsp3) is 0.583. The number of halogens is 3. The molecule has 0 N–H and O–H groups in total. The van der Waals surface area contributed by atoms with Crippen LogP contribution in [0.1, 0.15) is 27.7 Å². The van der Waals surface area contributed by atoms with Crippen LogP contribution in [0.5, 0.6) is 0 Å². The maximum Gasteiger partial charge on any atom is 0.471 e. The van der Waals surface area contributed by atoms with Crippen LogP contribution in [-0.2, 0) is 19.1 Å². The normalized spacial score (nSPS) is 12.8. The Bertz CT molecular complexity index is 429. The van der Waals surface area contributed by atoms with Crippen molar-refractivity contribution in [3.8, 4) is 0 Å². The molecule has 20 heavy (non-hydrogen) atoms. The van der Waals surface area contributed by atoms with Crippen molar-refractivity contribution in [3.05, 3.63) is 12.2 Å². The smallest absolute Gasteiger partial charge is 0.449 e. The summed E-state index contributed by atoms with van der Waals surface area (Å²) in [5, 5.41) is 0. The second kappa shape index (κ2) is 6.53. The van der Waals surface area contributed by atoms with Crippen LogP contribution < -0.4 is 0 Å². The first kappa shape index (κ1) is 18.1. The molecule has 0 aromatic rings. The molecular weight excluding hydrogens is 279 g/mol. The number of esters is 1. The van der Waals surface area contributed by atoms with Gasteiger partial charge in [-0.2, -0.15) is 13.2 Å². The molecule has 5 nitrogen and oxygen atoms in total. The van der Waals surface area contributed by atoms with E-state index in [0.717, 1.165) is 6.92 Å². The van der Waals surface area contributed by atoms with Crippen molar-refractivity contribution in [1.82, 2.24) is 4.90 Å². The molecular formula is C12H16F3NO4. The van der Waals surface area contributed by atoms with Crippen molar-refractivity contribution in [2.45, 2.75) is 46.0 Å². The number of ether oxygens (including phenoxy) is 1. The summed E-state index contributed by atoms with van der Waals surface area (Å²) in [6.07, 6.45) is -6.70. The fourth-order valence-electron chi connectivity index (χ4n) is 1.23. The van der Waals surface area contributed by atoms with Crippen molar-refractivity contribution >= 4 is 17.8 Å². The Morgan fingerprint density at radius 2 is 1.60 bits per heavy atom. The molecule has 1 unspecified atom stereocenters. The largest absolute Gasteiger partial charge is 0.471 e. The van der Waals surface area contributed by atoms with Gasteiger partial charge in [-0.1, -0.05) is 6.58 Å². The van der Waals surface area contributed by atoms with Gasteiger partial charge in [-0.3, -0.25) is 14.5 Å². The van der Waals surface area contributed by atoms with Gasteiger partial charge in [-0.15, -0.1) is 0 Å². The summed E-state index contributed by atoms with van der Waals surface area (Å²) in [6.45, 7) is 8.17. The van der Waals surface area contributed by atoms with Gasteiger partial charge in [0, 0.05) is 11.6 Å². The number of amides is 2. The summed E-state index contributed by atoms with van der Waals surface area (Å²) in [4.78, 5) is 34.3. The van der Waals surface area contributed by atoms with E-state index in [4.69, 9.17) is 0 Å². The third kappa shape index (κ3) is 4.67. The van der Waals surface area contributed by atoms with Crippen LogP contribution >= 0.6 is 0 Å². The number of rotatable bonds is 4. The first-order valence-corrected chi connectivity index (χ1v) is 5.70. The van der Waals surface area contributed by atoms with Gasteiger partial charge in [-0.25, -0.2) is 4.79 Å². The van der Waals surface area contributed by atoms with Gasteiger partial charge in [0.1, 0.15) is 0 Å². The number of carbonyl (C=O) groups excluding carboxylic acids is 3. The molecule has 114 valence electrons. The minimum Gasteiger partial charge on any atom is -0.449 e. The zero-order valence-electron chi connectivity index (χ0n) is 11.6. The summed E-state index contributed by atoms with van der Waals surface area (Å²) in [5.74, 6) is -4.46. The first-order chi connectivity index (χ1) is 8.89. The van der Waals surface area contributed by atoms with E-state index in [1.165, 1.54) is 20.8 Å². The molecule has 0 saturated carbocycles. The maximum atomic E-state index is 12.4. The molecule has 8 heteroatoms. The van der Waals surface area contributed by atoms with Crippen molar-refractivity contribution in [1.29, 1.82) is 0 Å². The number of carbonyl (C=O) groups is 3. The van der Waals surface area contributed by atoms with E-state index in [0.29, 0.717) is 0 Å². The summed E-state index contributed by atoms with van der Waals surface area (Å²) in [6, 6.07) is -1.03. The van der Waals surface area contributed by atoms with Crippen LogP contribution in [0.15, 0.2) is 12.2 Å². The zero-order valence-corrected chi connectivity index (χ0v) is 11.6. The number of hydrogen-bond donors (Lipinski definition) is 0. The highest BCUT2D eigenvalue weighted by atomic mass is 19.4. The summed E-state index contributed by atoms with van der Waals surface area (Å²) in [5.41, 5.74) is -0.0112. The zero-order chi connectivity index (χ0) is 16.2. The molecule has 0 fully saturated rings. The minimum absolute atomic E-state index is 0.0112. The van der Waals surface area contributed by atoms with Gasteiger partial charge in [0.05, 0.1) is 0 Å². The average molecular weight is 295 g/mol. The molecule has 0 aliphatic rings. The van der Waals surface area contributed by atoms with Gasteiger partial charge in [0.25, 0.3) is 5.91 Å². The highest BCUT2D eigenvalue weighted by Crippen LogP contribution is 2.21. The molecule has 0 aliphatic carbocycles. The van der Waals surface area contributed by atoms with E-state index in [-0.39, 0.29) is 10.5 Å². The lowest BCUT2D eigenvalue weighted by Crippen LogP contribution is -2.52. The molecule has 2 amide bonds. The Balaban J connectivity index is 5.14. The Hall–Kier alpha value is -1.86. The average Bonchev–Trinajstić information content (AvgIpc) is 2.26. The molecule has 0 heterocycles. The second-order valence-corrected chi connectivity index (χ2v) is 4.43. The molecule has 0 bridgehead atoms. The minimum atomic E-state index is -5.18. The Morgan fingerprint density at radius 1 is 1.15 bits per heavy atom. The predicted octanol–water partition coefficient (Wildman–Crippen LogP) is 1.82. The Labute approximate surface area is 114 Å². The van der Waals surface area contributed by atoms with Gasteiger partial charge in [0.15, 0.2) is 6.10 Å².